The number of rotatable bonds is 6. The van der Waals surface area contributed by atoms with Crippen molar-refractivity contribution in [2.75, 3.05) is 13.1 Å². The molecule has 0 heterocycles. The molecule has 0 fully saturated rings. The van der Waals surface area contributed by atoms with Crippen molar-refractivity contribution in [3.8, 4) is 0 Å². The maximum atomic E-state index is 3.56. The molecule has 18 heavy (non-hydrogen) atoms. The van der Waals surface area contributed by atoms with E-state index in [0.717, 1.165) is 19.5 Å². The van der Waals surface area contributed by atoms with E-state index in [1.165, 1.54) is 16.5 Å². The predicted molar refractivity (Wildman–Crippen MR) is 84.0 cm³/mol. The second-order valence-corrected chi connectivity index (χ2v) is 7.02. The van der Waals surface area contributed by atoms with Crippen LogP contribution in [-0.4, -0.2) is 13.1 Å². The summed E-state index contributed by atoms with van der Waals surface area (Å²) in [6, 6.07) is 8.67. The minimum Gasteiger partial charge on any atom is -0.316 e. The van der Waals surface area contributed by atoms with Gasteiger partial charge in [0.1, 0.15) is 0 Å². The highest BCUT2D eigenvalue weighted by atomic mass is 79.9. The van der Waals surface area contributed by atoms with Crippen LogP contribution in [0.3, 0.4) is 0 Å². The minimum atomic E-state index is 0.336. The fourth-order valence-corrected chi connectivity index (χ4v) is 2.53. The van der Waals surface area contributed by atoms with Gasteiger partial charge in [-0.3, -0.25) is 0 Å². The zero-order valence-corrected chi connectivity index (χ0v) is 13.7. The lowest BCUT2D eigenvalue weighted by molar-refractivity contribution is 0.231. The maximum absolute atomic E-state index is 3.56. The molecule has 1 rings (SSSR count). The van der Waals surface area contributed by atoms with E-state index in [0.29, 0.717) is 11.3 Å². The monoisotopic (exact) mass is 311 g/mol. The largest absolute Gasteiger partial charge is 0.316 e. The Hall–Kier alpha value is -0.340. The number of hydrogen-bond donors (Lipinski definition) is 1. The molecule has 0 saturated carbocycles. The molecule has 0 aromatic heterocycles. The number of benzene rings is 1. The molecule has 0 amide bonds. The highest BCUT2D eigenvalue weighted by Gasteiger charge is 2.24. The Morgan fingerprint density at radius 3 is 2.56 bits per heavy atom. The van der Waals surface area contributed by atoms with Crippen molar-refractivity contribution in [2.24, 2.45) is 11.3 Å². The molecule has 1 nitrogen and oxygen atoms in total. The van der Waals surface area contributed by atoms with Gasteiger partial charge in [-0.05, 0) is 55.0 Å². The first-order chi connectivity index (χ1) is 8.43. The molecule has 1 unspecified atom stereocenters. The second kappa shape index (κ2) is 7.30. The van der Waals surface area contributed by atoms with Gasteiger partial charge < -0.3 is 5.32 Å². The van der Waals surface area contributed by atoms with Crippen molar-refractivity contribution in [3.05, 3.63) is 34.3 Å². The van der Waals surface area contributed by atoms with Crippen LogP contribution in [0.2, 0.25) is 0 Å². The molecular weight excluding hydrogens is 286 g/mol. The van der Waals surface area contributed by atoms with Crippen LogP contribution >= 0.6 is 15.9 Å². The molecule has 1 atom stereocenters. The van der Waals surface area contributed by atoms with Gasteiger partial charge in [0.15, 0.2) is 0 Å². The van der Waals surface area contributed by atoms with Crippen molar-refractivity contribution >= 4 is 15.9 Å². The molecule has 0 bridgehead atoms. The van der Waals surface area contributed by atoms with Gasteiger partial charge in [-0.15, -0.1) is 0 Å². The summed E-state index contributed by atoms with van der Waals surface area (Å²) in [6.07, 6.45) is 2.34. The van der Waals surface area contributed by atoms with Crippen molar-refractivity contribution < 1.29 is 0 Å². The average molecular weight is 312 g/mol. The quantitative estimate of drug-likeness (QED) is 0.754. The molecule has 0 radical (unpaired) electrons. The molecule has 0 spiro atoms. The molecule has 1 aromatic carbocycles. The molecular formula is C16H26BrN. The van der Waals surface area contributed by atoms with Crippen LogP contribution in [0.25, 0.3) is 0 Å². The third-order valence-electron chi connectivity index (χ3n) is 3.41. The summed E-state index contributed by atoms with van der Waals surface area (Å²) in [5.41, 5.74) is 1.76. The van der Waals surface area contributed by atoms with Gasteiger partial charge in [0.25, 0.3) is 0 Å². The van der Waals surface area contributed by atoms with E-state index in [2.05, 4.69) is 73.2 Å². The molecule has 1 N–H and O–H groups in total. The van der Waals surface area contributed by atoms with Gasteiger partial charge in [-0.2, -0.15) is 0 Å². The number of hydrogen-bond acceptors (Lipinski definition) is 1. The summed E-state index contributed by atoms with van der Waals surface area (Å²) in [6.45, 7) is 11.4. The standard InChI is InChI=1S/C16H26BrN/c1-5-9-18-12-14(16(2,3)4)10-13-7-6-8-15(17)11-13/h6-8,11,14,18H,5,9-10,12H2,1-4H3. The smallest absolute Gasteiger partial charge is 0.0177 e. The highest BCUT2D eigenvalue weighted by Crippen LogP contribution is 2.29. The van der Waals surface area contributed by atoms with Crippen molar-refractivity contribution in [1.82, 2.24) is 5.32 Å². The van der Waals surface area contributed by atoms with E-state index >= 15 is 0 Å². The molecule has 0 aliphatic rings. The van der Waals surface area contributed by atoms with E-state index in [1.54, 1.807) is 0 Å². The molecule has 2 heteroatoms. The zero-order valence-electron chi connectivity index (χ0n) is 12.1. The van der Waals surface area contributed by atoms with Gasteiger partial charge in [0.05, 0.1) is 0 Å². The normalized spacial score (nSPS) is 13.6. The number of nitrogens with one attached hydrogen (secondary N) is 1. The fourth-order valence-electron chi connectivity index (χ4n) is 2.09. The Kier molecular flexibility index (Phi) is 6.37. The Morgan fingerprint density at radius 2 is 2.00 bits per heavy atom. The molecule has 1 aromatic rings. The van der Waals surface area contributed by atoms with Crippen LogP contribution in [0.4, 0.5) is 0 Å². The first-order valence-corrected chi connectivity index (χ1v) is 7.68. The average Bonchev–Trinajstić information content (AvgIpc) is 2.27. The number of halogens is 1. The van der Waals surface area contributed by atoms with E-state index in [4.69, 9.17) is 0 Å². The fraction of sp³-hybridized carbons (Fsp3) is 0.625. The second-order valence-electron chi connectivity index (χ2n) is 6.10. The maximum Gasteiger partial charge on any atom is 0.0177 e. The van der Waals surface area contributed by atoms with Crippen LogP contribution in [-0.2, 0) is 6.42 Å². The Morgan fingerprint density at radius 1 is 1.28 bits per heavy atom. The van der Waals surface area contributed by atoms with Crippen LogP contribution < -0.4 is 5.32 Å². The Balaban J connectivity index is 2.66. The lowest BCUT2D eigenvalue weighted by atomic mass is 9.77. The van der Waals surface area contributed by atoms with Gasteiger partial charge >= 0.3 is 0 Å². The zero-order chi connectivity index (χ0) is 13.6. The third-order valence-corrected chi connectivity index (χ3v) is 3.91. The topological polar surface area (TPSA) is 12.0 Å². The summed E-state index contributed by atoms with van der Waals surface area (Å²) in [7, 11) is 0. The lowest BCUT2D eigenvalue weighted by Gasteiger charge is -2.31. The first kappa shape index (κ1) is 15.7. The summed E-state index contributed by atoms with van der Waals surface area (Å²) in [5, 5.41) is 3.56. The summed E-state index contributed by atoms with van der Waals surface area (Å²) in [4.78, 5) is 0. The van der Waals surface area contributed by atoms with Gasteiger partial charge in [-0.25, -0.2) is 0 Å². The van der Waals surface area contributed by atoms with Crippen LogP contribution in [0.5, 0.6) is 0 Å². The highest BCUT2D eigenvalue weighted by molar-refractivity contribution is 9.10. The minimum absolute atomic E-state index is 0.336. The van der Waals surface area contributed by atoms with Crippen molar-refractivity contribution in [2.45, 2.75) is 40.5 Å². The first-order valence-electron chi connectivity index (χ1n) is 6.88. The van der Waals surface area contributed by atoms with Gasteiger partial charge in [0, 0.05) is 4.47 Å². The van der Waals surface area contributed by atoms with Gasteiger partial charge in [0.2, 0.25) is 0 Å². The van der Waals surface area contributed by atoms with Crippen LogP contribution in [0.15, 0.2) is 28.7 Å². The molecule has 102 valence electrons. The van der Waals surface area contributed by atoms with Crippen molar-refractivity contribution in [3.63, 3.8) is 0 Å². The van der Waals surface area contributed by atoms with Crippen molar-refractivity contribution in [1.29, 1.82) is 0 Å². The van der Waals surface area contributed by atoms with E-state index in [1.807, 2.05) is 0 Å². The van der Waals surface area contributed by atoms with E-state index < -0.39 is 0 Å². The van der Waals surface area contributed by atoms with E-state index in [9.17, 15) is 0 Å². The summed E-state index contributed by atoms with van der Waals surface area (Å²) in [5.74, 6) is 0.665. The van der Waals surface area contributed by atoms with E-state index in [-0.39, 0.29) is 0 Å². The van der Waals surface area contributed by atoms with Crippen LogP contribution in [0, 0.1) is 11.3 Å². The third kappa shape index (κ3) is 5.53. The van der Waals surface area contributed by atoms with Crippen LogP contribution in [0.1, 0.15) is 39.7 Å². The summed E-state index contributed by atoms with van der Waals surface area (Å²) < 4.78 is 1.18. The SMILES string of the molecule is CCCNCC(Cc1cccc(Br)c1)C(C)(C)C. The Bertz CT molecular complexity index is 354. The Labute approximate surface area is 120 Å². The lowest BCUT2D eigenvalue weighted by Crippen LogP contribution is -2.33. The molecule has 0 aliphatic heterocycles. The molecule has 0 aliphatic carbocycles. The predicted octanol–water partition coefficient (Wildman–Crippen LogP) is 4.65. The van der Waals surface area contributed by atoms with Gasteiger partial charge in [-0.1, -0.05) is 55.8 Å². The molecule has 0 saturated heterocycles. The summed E-state index contributed by atoms with van der Waals surface area (Å²) >= 11 is 3.55.